The maximum Gasteiger partial charge on any atom is 0.239 e. The molecule has 1 N–H and O–H groups in total. The molecule has 20 heavy (non-hydrogen) atoms. The minimum atomic E-state index is 0.0600. The third-order valence-electron chi connectivity index (χ3n) is 3.22. The van der Waals surface area contributed by atoms with Crippen molar-refractivity contribution in [2.45, 2.75) is 33.2 Å². The lowest BCUT2D eigenvalue weighted by atomic mass is 10.2. The molecular formula is C16H22N2O2. The number of hydrogen-bond donors (Lipinski definition) is 1. The molecule has 0 aliphatic heterocycles. The molecule has 1 aromatic carbocycles. The van der Waals surface area contributed by atoms with E-state index in [2.05, 4.69) is 12.2 Å². The summed E-state index contributed by atoms with van der Waals surface area (Å²) in [6, 6.07) is 7.96. The summed E-state index contributed by atoms with van der Waals surface area (Å²) in [4.78, 5) is 11.8. The maximum atomic E-state index is 11.8. The summed E-state index contributed by atoms with van der Waals surface area (Å²) in [6.07, 6.45) is 4.06. The predicted octanol–water partition coefficient (Wildman–Crippen LogP) is 2.96. The summed E-state index contributed by atoms with van der Waals surface area (Å²) in [5.41, 5.74) is 1.05. The third kappa shape index (κ3) is 3.53. The van der Waals surface area contributed by atoms with E-state index in [-0.39, 0.29) is 5.91 Å². The first-order chi connectivity index (χ1) is 9.74. The number of amides is 1. The quantitative estimate of drug-likeness (QED) is 0.789. The van der Waals surface area contributed by atoms with E-state index in [1.54, 1.807) is 0 Å². The van der Waals surface area contributed by atoms with Crippen molar-refractivity contribution in [3.63, 3.8) is 0 Å². The predicted molar refractivity (Wildman–Crippen MR) is 81.0 cm³/mol. The zero-order valence-electron chi connectivity index (χ0n) is 12.2. The Bertz CT molecular complexity index is 575. The van der Waals surface area contributed by atoms with Crippen LogP contribution in [0, 0.1) is 0 Å². The summed E-state index contributed by atoms with van der Waals surface area (Å²) in [6.45, 7) is 5.86. The van der Waals surface area contributed by atoms with Crippen molar-refractivity contribution in [1.82, 2.24) is 9.88 Å². The van der Waals surface area contributed by atoms with Crippen LogP contribution in [0.3, 0.4) is 0 Å². The van der Waals surface area contributed by atoms with Crippen LogP contribution in [0.1, 0.15) is 26.7 Å². The maximum absolute atomic E-state index is 11.8. The molecule has 0 atom stereocenters. The number of aromatic nitrogens is 1. The lowest BCUT2D eigenvalue weighted by Gasteiger charge is -2.07. The number of unbranched alkanes of at least 4 members (excludes halogenated alkanes) is 1. The van der Waals surface area contributed by atoms with Crippen molar-refractivity contribution in [3.05, 3.63) is 30.5 Å². The van der Waals surface area contributed by atoms with Crippen LogP contribution in [-0.4, -0.2) is 23.6 Å². The number of rotatable bonds is 7. The van der Waals surface area contributed by atoms with Crippen LogP contribution in [0.15, 0.2) is 30.5 Å². The second kappa shape index (κ2) is 6.98. The monoisotopic (exact) mass is 274 g/mol. The Hall–Kier alpha value is -1.97. The van der Waals surface area contributed by atoms with E-state index >= 15 is 0 Å². The molecule has 0 radical (unpaired) electrons. The number of hydrogen-bond acceptors (Lipinski definition) is 2. The second-order valence-electron chi connectivity index (χ2n) is 4.80. The number of ether oxygens (including phenoxy) is 1. The summed E-state index contributed by atoms with van der Waals surface area (Å²) in [7, 11) is 0. The normalized spacial score (nSPS) is 10.7. The minimum Gasteiger partial charge on any atom is -0.494 e. The first kappa shape index (κ1) is 14.4. The molecule has 0 saturated heterocycles. The Kier molecular flexibility index (Phi) is 5.04. The molecule has 0 bridgehead atoms. The number of fused-ring (bicyclic) bond motifs is 1. The van der Waals surface area contributed by atoms with Gasteiger partial charge in [0, 0.05) is 23.6 Å². The summed E-state index contributed by atoms with van der Waals surface area (Å²) >= 11 is 0. The number of nitrogens with one attached hydrogen (secondary N) is 1. The highest BCUT2D eigenvalue weighted by Gasteiger charge is 2.06. The first-order valence-corrected chi connectivity index (χ1v) is 7.23. The van der Waals surface area contributed by atoms with Gasteiger partial charge in [0.25, 0.3) is 0 Å². The molecule has 2 aromatic rings. The smallest absolute Gasteiger partial charge is 0.239 e. The highest BCUT2D eigenvalue weighted by molar-refractivity contribution is 5.84. The van der Waals surface area contributed by atoms with Crippen LogP contribution in [0.5, 0.6) is 5.75 Å². The number of benzene rings is 1. The van der Waals surface area contributed by atoms with Gasteiger partial charge < -0.3 is 14.6 Å². The molecule has 0 unspecified atom stereocenters. The Balaban J connectivity index is 2.05. The summed E-state index contributed by atoms with van der Waals surface area (Å²) in [5.74, 6) is 0.926. The molecule has 0 aliphatic carbocycles. The van der Waals surface area contributed by atoms with Gasteiger partial charge in [-0.1, -0.05) is 13.3 Å². The fourth-order valence-corrected chi connectivity index (χ4v) is 2.19. The zero-order valence-corrected chi connectivity index (χ0v) is 12.2. The Morgan fingerprint density at radius 3 is 2.90 bits per heavy atom. The summed E-state index contributed by atoms with van der Waals surface area (Å²) in [5, 5.41) is 4.03. The van der Waals surface area contributed by atoms with Gasteiger partial charge in [-0.3, -0.25) is 4.79 Å². The Labute approximate surface area is 119 Å². The van der Waals surface area contributed by atoms with Gasteiger partial charge in [-0.25, -0.2) is 0 Å². The Morgan fingerprint density at radius 2 is 2.15 bits per heavy atom. The molecule has 4 heteroatoms. The third-order valence-corrected chi connectivity index (χ3v) is 3.22. The van der Waals surface area contributed by atoms with Crippen LogP contribution >= 0.6 is 0 Å². The highest BCUT2D eigenvalue weighted by Crippen LogP contribution is 2.22. The van der Waals surface area contributed by atoms with Crippen molar-refractivity contribution < 1.29 is 9.53 Å². The van der Waals surface area contributed by atoms with Crippen LogP contribution in [0.2, 0.25) is 0 Å². The van der Waals surface area contributed by atoms with Crippen molar-refractivity contribution in [1.29, 1.82) is 0 Å². The molecule has 108 valence electrons. The van der Waals surface area contributed by atoms with E-state index in [1.807, 2.05) is 42.0 Å². The fraction of sp³-hybridized carbons (Fsp3) is 0.438. The molecule has 2 rings (SSSR count). The van der Waals surface area contributed by atoms with Gasteiger partial charge in [-0.05, 0) is 37.6 Å². The zero-order chi connectivity index (χ0) is 14.4. The Morgan fingerprint density at radius 1 is 1.30 bits per heavy atom. The molecule has 0 fully saturated rings. The van der Waals surface area contributed by atoms with E-state index in [1.165, 1.54) is 0 Å². The van der Waals surface area contributed by atoms with E-state index < -0.39 is 0 Å². The van der Waals surface area contributed by atoms with Gasteiger partial charge in [-0.2, -0.15) is 0 Å². The fourth-order valence-electron chi connectivity index (χ4n) is 2.19. The van der Waals surface area contributed by atoms with Crippen LogP contribution in [0.25, 0.3) is 10.9 Å². The topological polar surface area (TPSA) is 43.3 Å². The lowest BCUT2D eigenvalue weighted by Crippen LogP contribution is -2.28. The van der Waals surface area contributed by atoms with E-state index in [9.17, 15) is 4.79 Å². The highest BCUT2D eigenvalue weighted by atomic mass is 16.5. The second-order valence-corrected chi connectivity index (χ2v) is 4.80. The van der Waals surface area contributed by atoms with Gasteiger partial charge in [0.15, 0.2) is 0 Å². The van der Waals surface area contributed by atoms with Crippen molar-refractivity contribution in [2.75, 3.05) is 13.2 Å². The molecule has 1 heterocycles. The van der Waals surface area contributed by atoms with Crippen molar-refractivity contribution >= 4 is 16.8 Å². The number of nitrogens with zero attached hydrogens (tertiary/aromatic N) is 1. The average Bonchev–Trinajstić information content (AvgIpc) is 2.82. The SMILES string of the molecule is CCCCNC(=O)Cn1ccc2cc(OCC)ccc21. The molecule has 1 amide bonds. The molecule has 0 saturated carbocycles. The van der Waals surface area contributed by atoms with E-state index in [0.717, 1.165) is 36.0 Å². The van der Waals surface area contributed by atoms with Crippen LogP contribution < -0.4 is 10.1 Å². The average molecular weight is 274 g/mol. The van der Waals surface area contributed by atoms with E-state index in [4.69, 9.17) is 4.74 Å². The largest absolute Gasteiger partial charge is 0.494 e. The van der Waals surface area contributed by atoms with Gasteiger partial charge >= 0.3 is 0 Å². The molecule has 4 nitrogen and oxygen atoms in total. The van der Waals surface area contributed by atoms with Crippen molar-refractivity contribution in [3.8, 4) is 5.75 Å². The first-order valence-electron chi connectivity index (χ1n) is 7.23. The number of carbonyl (C=O) groups excluding carboxylic acids is 1. The van der Waals surface area contributed by atoms with Gasteiger partial charge in [-0.15, -0.1) is 0 Å². The lowest BCUT2D eigenvalue weighted by molar-refractivity contribution is -0.121. The van der Waals surface area contributed by atoms with Crippen LogP contribution in [-0.2, 0) is 11.3 Å². The van der Waals surface area contributed by atoms with E-state index in [0.29, 0.717) is 13.2 Å². The number of carbonyl (C=O) groups is 1. The standard InChI is InChI=1S/C16H22N2O2/c1-3-5-9-17-16(19)12-18-10-8-13-11-14(20-4-2)6-7-15(13)18/h6-8,10-11H,3-5,9,12H2,1-2H3,(H,17,19). The molecular weight excluding hydrogens is 252 g/mol. The molecule has 0 aliphatic rings. The van der Waals surface area contributed by atoms with Gasteiger partial charge in [0.05, 0.1) is 6.61 Å². The van der Waals surface area contributed by atoms with Gasteiger partial charge in [0.1, 0.15) is 12.3 Å². The van der Waals surface area contributed by atoms with Crippen molar-refractivity contribution in [2.24, 2.45) is 0 Å². The van der Waals surface area contributed by atoms with Gasteiger partial charge in [0.2, 0.25) is 5.91 Å². The molecule has 1 aromatic heterocycles. The molecule has 0 spiro atoms. The minimum absolute atomic E-state index is 0.0600. The summed E-state index contributed by atoms with van der Waals surface area (Å²) < 4.78 is 7.45. The van der Waals surface area contributed by atoms with Crippen LogP contribution in [0.4, 0.5) is 0 Å².